The average Bonchev–Trinajstić information content (AvgIpc) is 3.22. The van der Waals surface area contributed by atoms with Crippen molar-refractivity contribution in [3.63, 3.8) is 0 Å². The summed E-state index contributed by atoms with van der Waals surface area (Å²) in [5.74, 6) is 0.371. The van der Waals surface area contributed by atoms with Gasteiger partial charge in [-0.15, -0.1) is 11.8 Å². The Morgan fingerprint density at radius 3 is 2.81 bits per heavy atom. The highest BCUT2D eigenvalue weighted by Gasteiger charge is 2.56. The van der Waals surface area contributed by atoms with Crippen molar-refractivity contribution in [3.05, 3.63) is 65.7 Å². The molecule has 0 aliphatic carbocycles. The summed E-state index contributed by atoms with van der Waals surface area (Å²) in [6, 6.07) is 18.3. The molecule has 2 atom stereocenters. The minimum Gasteiger partial charge on any atom is -0.324 e. The predicted octanol–water partition coefficient (Wildman–Crippen LogP) is 3.09. The Labute approximate surface area is 156 Å². The fourth-order valence-corrected chi connectivity index (χ4v) is 5.38. The molecule has 2 amide bonds. The number of benzene rings is 2. The molecule has 5 nitrogen and oxygen atoms in total. The molecule has 2 heterocycles. The molecule has 0 aromatic heterocycles. The van der Waals surface area contributed by atoms with Gasteiger partial charge in [-0.25, -0.2) is 0 Å². The van der Waals surface area contributed by atoms with Crippen LogP contribution in [0.4, 0.5) is 5.69 Å². The van der Waals surface area contributed by atoms with E-state index in [0.29, 0.717) is 29.8 Å². The highest BCUT2D eigenvalue weighted by atomic mass is 32.2. The van der Waals surface area contributed by atoms with Crippen LogP contribution >= 0.6 is 11.8 Å². The first-order valence-corrected chi connectivity index (χ1v) is 9.45. The van der Waals surface area contributed by atoms with Crippen LogP contribution in [0.25, 0.3) is 0 Å². The van der Waals surface area contributed by atoms with Crippen molar-refractivity contribution in [2.75, 3.05) is 11.1 Å². The van der Waals surface area contributed by atoms with Crippen molar-refractivity contribution in [3.8, 4) is 6.07 Å². The van der Waals surface area contributed by atoms with Crippen LogP contribution in [-0.2, 0) is 14.5 Å². The molecule has 130 valence electrons. The monoisotopic (exact) mass is 363 g/mol. The zero-order chi connectivity index (χ0) is 18.1. The molecule has 4 rings (SSSR count). The summed E-state index contributed by atoms with van der Waals surface area (Å²) < 4.78 is 0. The molecule has 0 saturated carbocycles. The van der Waals surface area contributed by atoms with Crippen LogP contribution in [-0.4, -0.2) is 28.5 Å². The number of carbonyl (C=O) groups excluding carboxylic acids is 2. The van der Waals surface area contributed by atoms with Crippen LogP contribution < -0.4 is 5.32 Å². The first-order chi connectivity index (χ1) is 12.6. The van der Waals surface area contributed by atoms with Crippen molar-refractivity contribution < 1.29 is 9.59 Å². The molecule has 2 saturated heterocycles. The van der Waals surface area contributed by atoms with Crippen molar-refractivity contribution in [2.45, 2.75) is 23.8 Å². The maximum absolute atomic E-state index is 12.9. The summed E-state index contributed by atoms with van der Waals surface area (Å²) in [5.41, 5.74) is 2.13. The van der Waals surface area contributed by atoms with Crippen molar-refractivity contribution in [1.82, 2.24) is 4.90 Å². The van der Waals surface area contributed by atoms with Gasteiger partial charge < -0.3 is 10.2 Å². The summed E-state index contributed by atoms with van der Waals surface area (Å²) in [4.78, 5) is 26.8. The molecule has 2 aromatic carbocycles. The molecule has 0 radical (unpaired) electrons. The Bertz CT molecular complexity index is 909. The molecule has 26 heavy (non-hydrogen) atoms. The summed E-state index contributed by atoms with van der Waals surface area (Å²) in [5, 5.41) is 11.9. The first kappa shape index (κ1) is 16.7. The van der Waals surface area contributed by atoms with Crippen molar-refractivity contribution in [1.29, 1.82) is 5.26 Å². The van der Waals surface area contributed by atoms with E-state index in [9.17, 15) is 9.59 Å². The standard InChI is InChI=1S/C20H17N3O2S/c21-12-14-5-4-8-16(11-14)22-19(25)17-13-26-20(10-9-18(24)23(17)20)15-6-2-1-3-7-15/h1-8,11,17H,9-10,13H2,(H,22,25)/t17-,20-/m0/s1. The largest absolute Gasteiger partial charge is 0.324 e. The summed E-state index contributed by atoms with van der Waals surface area (Å²) >= 11 is 1.66. The van der Waals surface area contributed by atoms with Gasteiger partial charge in [-0.05, 0) is 30.2 Å². The van der Waals surface area contributed by atoms with E-state index < -0.39 is 10.9 Å². The fraction of sp³-hybridized carbons (Fsp3) is 0.250. The van der Waals surface area contributed by atoms with Gasteiger partial charge in [-0.3, -0.25) is 9.59 Å². The number of nitriles is 1. The molecule has 6 heteroatoms. The maximum Gasteiger partial charge on any atom is 0.248 e. The van der Waals surface area contributed by atoms with E-state index in [1.54, 1.807) is 40.9 Å². The number of hydrogen-bond acceptors (Lipinski definition) is 4. The third-order valence-corrected chi connectivity index (χ3v) is 6.51. The lowest BCUT2D eigenvalue weighted by atomic mass is 10.0. The van der Waals surface area contributed by atoms with E-state index in [1.165, 1.54) is 0 Å². The Morgan fingerprint density at radius 2 is 2.04 bits per heavy atom. The number of hydrogen-bond donors (Lipinski definition) is 1. The normalized spacial score (nSPS) is 24.2. The van der Waals surface area contributed by atoms with Gasteiger partial charge in [0, 0.05) is 17.9 Å². The molecule has 2 fully saturated rings. The van der Waals surface area contributed by atoms with E-state index in [1.807, 2.05) is 30.3 Å². The smallest absolute Gasteiger partial charge is 0.248 e. The number of thioether (sulfide) groups is 1. The van der Waals surface area contributed by atoms with Gasteiger partial charge in [0.25, 0.3) is 0 Å². The van der Waals surface area contributed by atoms with Gasteiger partial charge in [0.2, 0.25) is 11.8 Å². The summed E-state index contributed by atoms with van der Waals surface area (Å²) in [7, 11) is 0. The molecule has 2 aliphatic heterocycles. The van der Waals surface area contributed by atoms with Gasteiger partial charge in [0.05, 0.1) is 11.6 Å². The van der Waals surface area contributed by atoms with Crippen LogP contribution in [0.1, 0.15) is 24.0 Å². The fourth-order valence-electron chi connectivity index (χ4n) is 3.73. The molecular weight excluding hydrogens is 346 g/mol. The lowest BCUT2D eigenvalue weighted by molar-refractivity contribution is -0.136. The Morgan fingerprint density at radius 1 is 1.23 bits per heavy atom. The Hall–Kier alpha value is -2.78. The van der Waals surface area contributed by atoms with Gasteiger partial charge >= 0.3 is 0 Å². The third kappa shape index (κ3) is 2.65. The second kappa shape index (κ2) is 6.50. The Kier molecular flexibility index (Phi) is 4.17. The zero-order valence-electron chi connectivity index (χ0n) is 14.0. The van der Waals surface area contributed by atoms with Crippen LogP contribution in [0.3, 0.4) is 0 Å². The molecule has 2 aliphatic rings. The van der Waals surface area contributed by atoms with E-state index >= 15 is 0 Å². The number of fused-ring (bicyclic) bond motifs is 1. The molecule has 2 aromatic rings. The highest BCUT2D eigenvalue weighted by Crippen LogP contribution is 2.54. The van der Waals surface area contributed by atoms with Crippen LogP contribution in [0, 0.1) is 11.3 Å². The summed E-state index contributed by atoms with van der Waals surface area (Å²) in [6.07, 6.45) is 1.17. The van der Waals surface area contributed by atoms with E-state index in [-0.39, 0.29) is 11.8 Å². The van der Waals surface area contributed by atoms with E-state index in [2.05, 4.69) is 11.4 Å². The molecule has 0 spiro atoms. The topological polar surface area (TPSA) is 73.2 Å². The SMILES string of the molecule is N#Cc1cccc(NC(=O)[C@@H]2CS[C@]3(c4ccccc4)CCC(=O)N23)c1. The molecule has 0 bridgehead atoms. The molecule has 1 N–H and O–H groups in total. The minimum absolute atomic E-state index is 0.0183. The van der Waals surface area contributed by atoms with Gasteiger partial charge in [-0.1, -0.05) is 36.4 Å². The molecule has 0 unspecified atom stereocenters. The summed E-state index contributed by atoms with van der Waals surface area (Å²) in [6.45, 7) is 0. The lowest BCUT2D eigenvalue weighted by Crippen LogP contribution is -2.48. The van der Waals surface area contributed by atoms with Crippen molar-refractivity contribution in [2.24, 2.45) is 0 Å². The highest BCUT2D eigenvalue weighted by molar-refractivity contribution is 8.00. The van der Waals surface area contributed by atoms with Crippen LogP contribution in [0.15, 0.2) is 54.6 Å². The second-order valence-corrected chi connectivity index (χ2v) is 7.72. The first-order valence-electron chi connectivity index (χ1n) is 8.47. The maximum atomic E-state index is 12.9. The third-order valence-electron chi connectivity index (χ3n) is 4.91. The number of amides is 2. The lowest BCUT2D eigenvalue weighted by Gasteiger charge is -2.34. The Balaban J connectivity index is 1.61. The quantitative estimate of drug-likeness (QED) is 0.909. The second-order valence-electron chi connectivity index (χ2n) is 6.42. The minimum atomic E-state index is -0.513. The predicted molar refractivity (Wildman–Crippen MR) is 100 cm³/mol. The van der Waals surface area contributed by atoms with Crippen molar-refractivity contribution >= 4 is 29.3 Å². The molecular formula is C20H17N3O2S. The number of nitrogens with zero attached hydrogens (tertiary/aromatic N) is 2. The average molecular weight is 363 g/mol. The van der Waals surface area contributed by atoms with Gasteiger partial charge in [0.1, 0.15) is 10.9 Å². The number of anilines is 1. The van der Waals surface area contributed by atoms with E-state index in [0.717, 1.165) is 5.56 Å². The van der Waals surface area contributed by atoms with E-state index in [4.69, 9.17) is 5.26 Å². The van der Waals surface area contributed by atoms with Gasteiger partial charge in [-0.2, -0.15) is 5.26 Å². The number of rotatable bonds is 3. The van der Waals surface area contributed by atoms with Gasteiger partial charge in [0.15, 0.2) is 0 Å². The number of nitrogens with one attached hydrogen (secondary N) is 1. The zero-order valence-corrected chi connectivity index (χ0v) is 14.8. The van der Waals surface area contributed by atoms with Crippen LogP contribution in [0.5, 0.6) is 0 Å². The number of carbonyl (C=O) groups is 2. The van der Waals surface area contributed by atoms with Crippen LogP contribution in [0.2, 0.25) is 0 Å².